The van der Waals surface area contributed by atoms with Crippen LogP contribution in [0.2, 0.25) is 0 Å². The van der Waals surface area contributed by atoms with Gasteiger partial charge in [-0.15, -0.1) is 0 Å². The number of ether oxygens (including phenoxy) is 4. The van der Waals surface area contributed by atoms with Crippen LogP contribution < -0.4 is 0 Å². The van der Waals surface area contributed by atoms with Crippen molar-refractivity contribution in [2.45, 2.75) is 48.0 Å². The molecule has 0 aromatic heterocycles. The number of carbonyl (C=O) groups is 5. The first-order chi connectivity index (χ1) is 16.9. The van der Waals surface area contributed by atoms with Gasteiger partial charge in [-0.25, -0.2) is 24.0 Å². The second kappa shape index (κ2) is 19.3. The lowest BCUT2D eigenvalue weighted by atomic mass is 9.88. The lowest BCUT2D eigenvalue weighted by molar-refractivity contribution is -0.157. The Balaban J connectivity index is -0.000000724. The third-order valence-electron chi connectivity index (χ3n) is 4.22. The van der Waals surface area contributed by atoms with E-state index in [-0.39, 0.29) is 48.1 Å². The van der Waals surface area contributed by atoms with E-state index in [0.29, 0.717) is 12.0 Å². The summed E-state index contributed by atoms with van der Waals surface area (Å²) in [6.07, 6.45) is 0.448. The van der Waals surface area contributed by atoms with Gasteiger partial charge in [-0.05, 0) is 41.0 Å². The van der Waals surface area contributed by atoms with Gasteiger partial charge in [0, 0.05) is 27.9 Å². The SMILES string of the molecule is C=C(C)C(=O)O.C=C(C)C(=O)OC.C=C(C)C(=O)OCC(CC)(COC(=O)C(=C)C)COC(=O)C(=C)C. The summed E-state index contributed by atoms with van der Waals surface area (Å²) < 4.78 is 19.8. The van der Waals surface area contributed by atoms with Crippen molar-refractivity contribution in [3.8, 4) is 0 Å². The first-order valence-corrected chi connectivity index (χ1v) is 11.0. The lowest BCUT2D eigenvalue weighted by Crippen LogP contribution is -2.39. The predicted molar refractivity (Wildman–Crippen MR) is 139 cm³/mol. The molecule has 0 saturated heterocycles. The molecule has 0 aliphatic carbocycles. The lowest BCUT2D eigenvalue weighted by Gasteiger charge is -2.31. The summed E-state index contributed by atoms with van der Waals surface area (Å²) in [4.78, 5) is 54.7. The highest BCUT2D eigenvalue weighted by atomic mass is 16.6. The largest absolute Gasteiger partial charge is 0.478 e. The molecule has 0 atom stereocenters. The summed E-state index contributed by atoms with van der Waals surface area (Å²) in [5.74, 6) is -2.98. The van der Waals surface area contributed by atoms with Gasteiger partial charge in [0.1, 0.15) is 19.8 Å². The molecular formula is C27H40O10. The molecule has 0 aromatic carbocycles. The van der Waals surface area contributed by atoms with Crippen LogP contribution in [-0.4, -0.2) is 61.9 Å². The number of aliphatic carboxylic acids is 1. The van der Waals surface area contributed by atoms with Gasteiger partial charge in [0.05, 0.1) is 12.5 Å². The Morgan fingerprint density at radius 3 is 0.946 bits per heavy atom. The zero-order chi connectivity index (χ0) is 29.9. The van der Waals surface area contributed by atoms with Crippen LogP contribution in [0.15, 0.2) is 60.8 Å². The number of hydrogen-bond donors (Lipinski definition) is 1. The Labute approximate surface area is 219 Å². The molecule has 10 heteroatoms. The van der Waals surface area contributed by atoms with Crippen molar-refractivity contribution < 1.29 is 48.0 Å². The number of carboxylic acids is 1. The summed E-state index contributed by atoms with van der Waals surface area (Å²) in [6.45, 7) is 26.2. The van der Waals surface area contributed by atoms with Gasteiger partial charge in [0.25, 0.3) is 0 Å². The fourth-order valence-corrected chi connectivity index (χ4v) is 1.63. The van der Waals surface area contributed by atoms with Gasteiger partial charge in [-0.1, -0.05) is 39.8 Å². The van der Waals surface area contributed by atoms with Crippen LogP contribution >= 0.6 is 0 Å². The molecule has 0 bridgehead atoms. The van der Waals surface area contributed by atoms with Crippen LogP contribution in [-0.2, 0) is 42.9 Å². The summed E-state index contributed by atoms with van der Waals surface area (Å²) in [6, 6.07) is 0. The van der Waals surface area contributed by atoms with Crippen LogP contribution in [0.1, 0.15) is 48.0 Å². The minimum atomic E-state index is -0.935. The molecule has 0 amide bonds. The molecule has 0 aliphatic rings. The van der Waals surface area contributed by atoms with E-state index >= 15 is 0 Å². The van der Waals surface area contributed by atoms with Gasteiger partial charge in [0.15, 0.2) is 0 Å². The molecule has 0 spiro atoms. The van der Waals surface area contributed by atoms with Crippen molar-refractivity contribution >= 4 is 29.8 Å². The Morgan fingerprint density at radius 2 is 0.838 bits per heavy atom. The summed E-state index contributed by atoms with van der Waals surface area (Å²) >= 11 is 0. The molecule has 0 rings (SSSR count). The van der Waals surface area contributed by atoms with Crippen molar-refractivity contribution in [3.05, 3.63) is 60.8 Å². The molecule has 208 valence electrons. The van der Waals surface area contributed by atoms with E-state index in [2.05, 4.69) is 37.6 Å². The molecule has 0 radical (unpaired) electrons. The van der Waals surface area contributed by atoms with Gasteiger partial charge in [-0.2, -0.15) is 0 Å². The molecule has 10 nitrogen and oxygen atoms in total. The highest BCUT2D eigenvalue weighted by Gasteiger charge is 2.34. The highest BCUT2D eigenvalue weighted by molar-refractivity contribution is 5.88. The zero-order valence-corrected chi connectivity index (χ0v) is 23.0. The Bertz CT molecular complexity index is 822. The van der Waals surface area contributed by atoms with Crippen LogP contribution in [0.3, 0.4) is 0 Å². The minimum Gasteiger partial charge on any atom is -0.478 e. The number of rotatable bonds is 12. The summed E-state index contributed by atoms with van der Waals surface area (Å²) in [5, 5.41) is 7.89. The van der Waals surface area contributed by atoms with Crippen molar-refractivity contribution in [1.29, 1.82) is 0 Å². The van der Waals surface area contributed by atoms with E-state index in [1.54, 1.807) is 6.92 Å². The van der Waals surface area contributed by atoms with Gasteiger partial charge in [0.2, 0.25) is 0 Å². The van der Waals surface area contributed by atoms with Crippen molar-refractivity contribution in [1.82, 2.24) is 0 Å². The second-order valence-electron chi connectivity index (χ2n) is 8.28. The van der Waals surface area contributed by atoms with E-state index < -0.39 is 29.3 Å². The topological polar surface area (TPSA) is 142 Å². The average Bonchev–Trinajstić information content (AvgIpc) is 2.82. The van der Waals surface area contributed by atoms with E-state index in [1.165, 1.54) is 34.8 Å². The molecule has 37 heavy (non-hydrogen) atoms. The standard InChI is InChI=1S/C18H26O6.C5H8O2.C4H6O2/c1-8-18(9-22-15(19)12(2)3,10-23-16(20)13(4)5)11-24-17(21)14(6)7;1-4(2)5(6)7-3;1-3(2)4(5)6/h2,4,6,8-11H2,1,3,5,7H3;1H2,2-3H3;1H2,2H3,(H,5,6). The molecule has 0 unspecified atom stereocenters. The van der Waals surface area contributed by atoms with E-state index in [4.69, 9.17) is 19.3 Å². The third kappa shape index (κ3) is 19.0. The maximum absolute atomic E-state index is 11.6. The summed E-state index contributed by atoms with van der Waals surface area (Å²) in [7, 11) is 1.33. The van der Waals surface area contributed by atoms with Gasteiger partial charge in [-0.3, -0.25) is 0 Å². The number of carbonyl (C=O) groups excluding carboxylic acids is 4. The summed E-state index contributed by atoms with van der Waals surface area (Å²) in [5.41, 5.74) is 0.493. The smallest absolute Gasteiger partial charge is 0.333 e. The quantitative estimate of drug-likeness (QED) is 0.225. The molecule has 0 saturated carbocycles. The molecular weight excluding hydrogens is 484 g/mol. The van der Waals surface area contributed by atoms with E-state index in [9.17, 15) is 24.0 Å². The monoisotopic (exact) mass is 524 g/mol. The number of hydrogen-bond acceptors (Lipinski definition) is 9. The fourth-order valence-electron chi connectivity index (χ4n) is 1.63. The predicted octanol–water partition coefficient (Wildman–Crippen LogP) is 4.12. The first-order valence-electron chi connectivity index (χ1n) is 11.0. The van der Waals surface area contributed by atoms with Crippen LogP contribution in [0.5, 0.6) is 0 Å². The van der Waals surface area contributed by atoms with Gasteiger partial charge < -0.3 is 24.1 Å². The molecule has 1 N–H and O–H groups in total. The minimum absolute atomic E-state index is 0.0812. The van der Waals surface area contributed by atoms with Crippen LogP contribution in [0.25, 0.3) is 0 Å². The average molecular weight is 525 g/mol. The van der Waals surface area contributed by atoms with Crippen LogP contribution in [0, 0.1) is 5.41 Å². The van der Waals surface area contributed by atoms with Crippen molar-refractivity contribution in [3.63, 3.8) is 0 Å². The van der Waals surface area contributed by atoms with E-state index in [1.807, 2.05) is 6.92 Å². The molecule has 0 aliphatic heterocycles. The van der Waals surface area contributed by atoms with Crippen molar-refractivity contribution in [2.24, 2.45) is 5.41 Å². The maximum atomic E-state index is 11.6. The van der Waals surface area contributed by atoms with E-state index in [0.717, 1.165) is 0 Å². The molecule has 0 fully saturated rings. The third-order valence-corrected chi connectivity index (χ3v) is 4.22. The number of methoxy groups -OCH3 is 1. The Hall–Kier alpha value is -3.95. The maximum Gasteiger partial charge on any atom is 0.333 e. The second-order valence-corrected chi connectivity index (χ2v) is 8.28. The van der Waals surface area contributed by atoms with Crippen LogP contribution in [0.4, 0.5) is 0 Å². The number of esters is 4. The van der Waals surface area contributed by atoms with Crippen molar-refractivity contribution in [2.75, 3.05) is 26.9 Å². The van der Waals surface area contributed by atoms with Gasteiger partial charge >= 0.3 is 29.8 Å². The fraction of sp³-hybridized carbons (Fsp3) is 0.444. The molecule has 0 heterocycles. The normalized spacial score (nSPS) is 9.49. The molecule has 0 aromatic rings. The highest BCUT2D eigenvalue weighted by Crippen LogP contribution is 2.25. The first kappa shape index (κ1) is 37.6. The Kier molecular flexibility index (Phi) is 19.6. The number of carboxylic acid groups (broad SMARTS) is 1. The Morgan fingerprint density at radius 1 is 0.595 bits per heavy atom. The zero-order valence-electron chi connectivity index (χ0n) is 23.0.